The number of carboxylic acids is 1. The van der Waals surface area contributed by atoms with Crippen molar-refractivity contribution in [1.82, 2.24) is 4.90 Å². The Labute approximate surface area is 130 Å². The Kier molecular flexibility index (Phi) is 4.90. The monoisotopic (exact) mass is 306 g/mol. The van der Waals surface area contributed by atoms with Gasteiger partial charge in [0.15, 0.2) is 0 Å². The van der Waals surface area contributed by atoms with Gasteiger partial charge in [0.1, 0.15) is 5.75 Å². The second-order valence-electron chi connectivity index (χ2n) is 5.85. The van der Waals surface area contributed by atoms with Crippen LogP contribution in [-0.4, -0.2) is 41.2 Å². The molecule has 1 aromatic carbocycles. The molecular weight excluding hydrogens is 284 g/mol. The number of likely N-dealkylation sites (tertiary alicyclic amines) is 1. The molecule has 0 saturated carbocycles. The van der Waals surface area contributed by atoms with Crippen molar-refractivity contribution in [2.75, 3.05) is 18.4 Å². The summed E-state index contributed by atoms with van der Waals surface area (Å²) in [6, 6.07) is 5.20. The summed E-state index contributed by atoms with van der Waals surface area (Å²) in [6.45, 7) is 6.57. The maximum Gasteiger partial charge on any atom is 0.321 e. The Bertz CT molecular complexity index is 571. The number of aryl methyl sites for hydroxylation is 1. The van der Waals surface area contributed by atoms with Crippen molar-refractivity contribution in [3.8, 4) is 5.75 Å². The Hall–Kier alpha value is -2.24. The van der Waals surface area contributed by atoms with E-state index in [4.69, 9.17) is 9.84 Å². The summed E-state index contributed by atoms with van der Waals surface area (Å²) in [5.74, 6) is -0.518. The van der Waals surface area contributed by atoms with E-state index in [0.717, 1.165) is 11.3 Å². The lowest BCUT2D eigenvalue weighted by molar-refractivity contribution is -0.141. The Balaban J connectivity index is 1.97. The van der Waals surface area contributed by atoms with Gasteiger partial charge in [0, 0.05) is 18.8 Å². The first-order valence-electron chi connectivity index (χ1n) is 7.43. The van der Waals surface area contributed by atoms with Gasteiger partial charge in [-0.25, -0.2) is 4.79 Å². The second-order valence-corrected chi connectivity index (χ2v) is 5.85. The number of rotatable bonds is 4. The number of carboxylic acid groups (broad SMARTS) is 1. The fraction of sp³-hybridized carbons (Fsp3) is 0.500. The topological polar surface area (TPSA) is 78.9 Å². The van der Waals surface area contributed by atoms with Gasteiger partial charge in [-0.1, -0.05) is 0 Å². The first-order chi connectivity index (χ1) is 10.4. The summed E-state index contributed by atoms with van der Waals surface area (Å²) in [4.78, 5) is 24.6. The van der Waals surface area contributed by atoms with E-state index < -0.39 is 11.9 Å². The lowest BCUT2D eigenvalue weighted by Crippen LogP contribution is -2.33. The molecular formula is C16H22N2O4. The van der Waals surface area contributed by atoms with Crippen molar-refractivity contribution in [1.29, 1.82) is 0 Å². The predicted octanol–water partition coefficient (Wildman–Crippen LogP) is 2.72. The Morgan fingerprint density at radius 3 is 2.68 bits per heavy atom. The minimum absolute atomic E-state index is 0.0942. The minimum Gasteiger partial charge on any atom is -0.491 e. The van der Waals surface area contributed by atoms with Gasteiger partial charge < -0.3 is 20.1 Å². The third-order valence-electron chi connectivity index (χ3n) is 3.61. The molecule has 0 aromatic heterocycles. The molecule has 1 atom stereocenters. The molecule has 1 saturated heterocycles. The maximum absolute atomic E-state index is 12.1. The van der Waals surface area contributed by atoms with E-state index in [1.54, 1.807) is 6.07 Å². The average Bonchev–Trinajstić information content (AvgIpc) is 2.91. The lowest BCUT2D eigenvalue weighted by atomic mass is 10.1. The van der Waals surface area contributed by atoms with E-state index >= 15 is 0 Å². The van der Waals surface area contributed by atoms with Crippen molar-refractivity contribution < 1.29 is 19.4 Å². The molecule has 1 aliphatic rings. The fourth-order valence-electron chi connectivity index (χ4n) is 2.46. The van der Waals surface area contributed by atoms with Gasteiger partial charge in [-0.2, -0.15) is 0 Å². The number of anilines is 1. The smallest absolute Gasteiger partial charge is 0.321 e. The molecule has 1 heterocycles. The van der Waals surface area contributed by atoms with Gasteiger partial charge in [0.05, 0.1) is 12.0 Å². The molecule has 2 rings (SSSR count). The number of ether oxygens (including phenoxy) is 1. The van der Waals surface area contributed by atoms with Crippen molar-refractivity contribution in [2.45, 2.75) is 33.3 Å². The highest BCUT2D eigenvalue weighted by Crippen LogP contribution is 2.24. The molecule has 0 aliphatic carbocycles. The number of amides is 2. The highest BCUT2D eigenvalue weighted by Gasteiger charge is 2.30. The number of nitrogens with one attached hydrogen (secondary N) is 1. The summed E-state index contributed by atoms with van der Waals surface area (Å²) in [5.41, 5.74) is 1.62. The number of carbonyl (C=O) groups excluding carboxylic acids is 1. The Morgan fingerprint density at radius 2 is 2.14 bits per heavy atom. The minimum atomic E-state index is -0.846. The molecule has 6 nitrogen and oxygen atoms in total. The summed E-state index contributed by atoms with van der Waals surface area (Å²) < 4.78 is 5.66. The molecule has 22 heavy (non-hydrogen) atoms. The second kappa shape index (κ2) is 6.68. The van der Waals surface area contributed by atoms with E-state index in [0.29, 0.717) is 18.7 Å². The number of benzene rings is 1. The number of hydrogen-bond donors (Lipinski definition) is 2. The van der Waals surface area contributed by atoms with E-state index in [2.05, 4.69) is 5.32 Å². The average molecular weight is 306 g/mol. The Morgan fingerprint density at radius 1 is 1.41 bits per heavy atom. The summed E-state index contributed by atoms with van der Waals surface area (Å²) in [6.07, 6.45) is 0.597. The van der Waals surface area contributed by atoms with Gasteiger partial charge >= 0.3 is 12.0 Å². The molecule has 0 bridgehead atoms. The molecule has 2 N–H and O–H groups in total. The van der Waals surface area contributed by atoms with Gasteiger partial charge in [0.2, 0.25) is 0 Å². The first kappa shape index (κ1) is 16.1. The molecule has 1 aromatic rings. The zero-order chi connectivity index (χ0) is 16.3. The standard InChI is InChI=1S/C16H22N2O4/c1-10(2)22-14-5-4-13(8-11(14)3)17-16(21)18-7-6-12(9-18)15(19)20/h4-5,8,10,12H,6-7,9H2,1-3H3,(H,17,21)(H,19,20). The van der Waals surface area contributed by atoms with Crippen LogP contribution in [0.2, 0.25) is 0 Å². The SMILES string of the molecule is Cc1cc(NC(=O)N2CCC(C(=O)O)C2)ccc1OC(C)C. The third kappa shape index (κ3) is 3.90. The number of nitrogens with zero attached hydrogens (tertiary/aromatic N) is 1. The van der Waals surface area contributed by atoms with Crippen molar-refractivity contribution in [3.63, 3.8) is 0 Å². The molecule has 1 fully saturated rings. The van der Waals surface area contributed by atoms with E-state index in [1.165, 1.54) is 4.90 Å². The number of carbonyl (C=O) groups is 2. The number of aliphatic carboxylic acids is 1. The maximum atomic E-state index is 12.1. The molecule has 2 amide bonds. The molecule has 6 heteroatoms. The number of hydrogen-bond acceptors (Lipinski definition) is 3. The predicted molar refractivity (Wildman–Crippen MR) is 83.3 cm³/mol. The normalized spacial score (nSPS) is 17.6. The van der Waals surface area contributed by atoms with Crippen LogP contribution in [0.5, 0.6) is 5.75 Å². The van der Waals surface area contributed by atoms with Crippen LogP contribution < -0.4 is 10.1 Å². The largest absolute Gasteiger partial charge is 0.491 e. The summed E-state index contributed by atoms with van der Waals surface area (Å²) >= 11 is 0. The quantitative estimate of drug-likeness (QED) is 0.896. The van der Waals surface area contributed by atoms with E-state index in [1.807, 2.05) is 32.9 Å². The van der Waals surface area contributed by atoms with Crippen LogP contribution in [0.4, 0.5) is 10.5 Å². The van der Waals surface area contributed by atoms with Gasteiger partial charge in [-0.15, -0.1) is 0 Å². The zero-order valence-corrected chi connectivity index (χ0v) is 13.1. The summed E-state index contributed by atoms with van der Waals surface area (Å²) in [7, 11) is 0. The van der Waals surface area contributed by atoms with Crippen molar-refractivity contribution >= 4 is 17.7 Å². The molecule has 1 aliphatic heterocycles. The van der Waals surface area contributed by atoms with Gasteiger partial charge in [0.25, 0.3) is 0 Å². The molecule has 0 radical (unpaired) electrons. The van der Waals surface area contributed by atoms with E-state index in [-0.39, 0.29) is 18.7 Å². The molecule has 1 unspecified atom stereocenters. The van der Waals surface area contributed by atoms with Crippen LogP contribution in [0.25, 0.3) is 0 Å². The first-order valence-corrected chi connectivity index (χ1v) is 7.43. The van der Waals surface area contributed by atoms with Crippen LogP contribution in [-0.2, 0) is 4.79 Å². The molecule has 0 spiro atoms. The van der Waals surface area contributed by atoms with Crippen LogP contribution in [0.15, 0.2) is 18.2 Å². The van der Waals surface area contributed by atoms with Crippen LogP contribution >= 0.6 is 0 Å². The zero-order valence-electron chi connectivity index (χ0n) is 13.1. The van der Waals surface area contributed by atoms with Crippen LogP contribution in [0, 0.1) is 12.8 Å². The van der Waals surface area contributed by atoms with E-state index in [9.17, 15) is 9.59 Å². The molecule has 120 valence electrons. The van der Waals surface area contributed by atoms with Crippen LogP contribution in [0.1, 0.15) is 25.8 Å². The highest BCUT2D eigenvalue weighted by atomic mass is 16.5. The fourth-order valence-corrected chi connectivity index (χ4v) is 2.46. The van der Waals surface area contributed by atoms with Gasteiger partial charge in [-0.3, -0.25) is 4.79 Å². The highest BCUT2D eigenvalue weighted by molar-refractivity contribution is 5.90. The van der Waals surface area contributed by atoms with Crippen LogP contribution in [0.3, 0.4) is 0 Å². The van der Waals surface area contributed by atoms with Crippen molar-refractivity contribution in [2.24, 2.45) is 5.92 Å². The third-order valence-corrected chi connectivity index (χ3v) is 3.61. The lowest BCUT2D eigenvalue weighted by Gasteiger charge is -2.18. The summed E-state index contributed by atoms with van der Waals surface area (Å²) in [5, 5.41) is 11.8. The van der Waals surface area contributed by atoms with Crippen molar-refractivity contribution in [3.05, 3.63) is 23.8 Å². The van der Waals surface area contributed by atoms with Gasteiger partial charge in [-0.05, 0) is 51.0 Å². The number of urea groups is 1.